The lowest BCUT2D eigenvalue weighted by Crippen LogP contribution is -2.36. The summed E-state index contributed by atoms with van der Waals surface area (Å²) in [6.07, 6.45) is 0.975. The van der Waals surface area contributed by atoms with Crippen LogP contribution in [0.2, 0.25) is 0 Å². The maximum Gasteiger partial charge on any atom is 0.234 e. The zero-order valence-electron chi connectivity index (χ0n) is 14.4. The third-order valence-corrected chi connectivity index (χ3v) is 5.09. The highest BCUT2D eigenvalue weighted by atomic mass is 32.2. The standard InChI is InChI=1S/C20H26N2OS/c1-17(18-10-5-3-6-11-18)22(2)16-20(23)21-14-9-15-24-19-12-7-4-8-13-19/h3-8,10-13,17H,9,14-16H2,1-2H3,(H,21,23)/t17-/m0/s1. The number of nitrogens with zero attached hydrogens (tertiary/aromatic N) is 1. The highest BCUT2D eigenvalue weighted by Gasteiger charge is 2.14. The maximum absolute atomic E-state index is 12.1. The predicted molar refractivity (Wildman–Crippen MR) is 102 cm³/mol. The van der Waals surface area contributed by atoms with Crippen LogP contribution in [0.1, 0.15) is 24.9 Å². The molecule has 0 aliphatic carbocycles. The van der Waals surface area contributed by atoms with Crippen molar-refractivity contribution in [1.29, 1.82) is 0 Å². The molecule has 0 aliphatic heterocycles. The van der Waals surface area contributed by atoms with Crippen molar-refractivity contribution in [3.05, 3.63) is 66.2 Å². The summed E-state index contributed by atoms with van der Waals surface area (Å²) < 4.78 is 0. The molecule has 3 nitrogen and oxygen atoms in total. The number of carbonyl (C=O) groups is 1. The molecular formula is C20H26N2OS. The van der Waals surface area contributed by atoms with Gasteiger partial charge in [-0.1, -0.05) is 48.5 Å². The van der Waals surface area contributed by atoms with E-state index in [1.54, 1.807) is 0 Å². The number of carbonyl (C=O) groups excluding carboxylic acids is 1. The summed E-state index contributed by atoms with van der Waals surface area (Å²) in [5.74, 6) is 1.10. The number of likely N-dealkylation sites (N-methyl/N-ethyl adjacent to an activating group) is 1. The summed E-state index contributed by atoms with van der Waals surface area (Å²) in [5, 5.41) is 3.01. The fraction of sp³-hybridized carbons (Fsp3) is 0.350. The minimum Gasteiger partial charge on any atom is -0.355 e. The quantitative estimate of drug-likeness (QED) is 0.553. The van der Waals surface area contributed by atoms with Crippen LogP contribution in [0.25, 0.3) is 0 Å². The van der Waals surface area contributed by atoms with Gasteiger partial charge in [0.15, 0.2) is 0 Å². The van der Waals surface area contributed by atoms with Gasteiger partial charge in [-0.3, -0.25) is 9.69 Å². The third-order valence-electron chi connectivity index (χ3n) is 3.99. The number of hydrogen-bond acceptors (Lipinski definition) is 3. The molecule has 128 valence electrons. The Bertz CT molecular complexity index is 604. The molecule has 2 aromatic carbocycles. The fourth-order valence-electron chi connectivity index (χ4n) is 2.41. The molecule has 0 saturated heterocycles. The van der Waals surface area contributed by atoms with Crippen molar-refractivity contribution in [1.82, 2.24) is 10.2 Å². The Kier molecular flexibility index (Phi) is 7.86. The lowest BCUT2D eigenvalue weighted by atomic mass is 10.1. The zero-order chi connectivity index (χ0) is 17.2. The molecule has 0 heterocycles. The molecule has 1 amide bonds. The van der Waals surface area contributed by atoms with Crippen LogP contribution >= 0.6 is 11.8 Å². The Balaban J connectivity index is 1.62. The van der Waals surface area contributed by atoms with Crippen molar-refractivity contribution < 1.29 is 4.79 Å². The Labute approximate surface area is 149 Å². The van der Waals surface area contributed by atoms with Gasteiger partial charge in [0, 0.05) is 17.5 Å². The lowest BCUT2D eigenvalue weighted by molar-refractivity contribution is -0.122. The first-order chi connectivity index (χ1) is 11.7. The van der Waals surface area contributed by atoms with E-state index >= 15 is 0 Å². The molecule has 0 fully saturated rings. The molecule has 0 radical (unpaired) electrons. The first kappa shape index (κ1) is 18.6. The second-order valence-corrected chi connectivity index (χ2v) is 7.04. The van der Waals surface area contributed by atoms with Crippen molar-refractivity contribution in [3.63, 3.8) is 0 Å². The number of hydrogen-bond donors (Lipinski definition) is 1. The van der Waals surface area contributed by atoms with Crippen LogP contribution in [0.5, 0.6) is 0 Å². The van der Waals surface area contributed by atoms with Gasteiger partial charge in [0.25, 0.3) is 0 Å². The Morgan fingerprint density at radius 2 is 1.71 bits per heavy atom. The summed E-state index contributed by atoms with van der Waals surface area (Å²) in [6, 6.07) is 20.8. The summed E-state index contributed by atoms with van der Waals surface area (Å²) in [6.45, 7) is 3.27. The molecular weight excluding hydrogens is 316 g/mol. The van der Waals surface area contributed by atoms with Gasteiger partial charge in [0.05, 0.1) is 6.54 Å². The minimum absolute atomic E-state index is 0.0880. The Hall–Kier alpha value is -1.78. The molecule has 0 unspecified atom stereocenters. The monoisotopic (exact) mass is 342 g/mol. The largest absolute Gasteiger partial charge is 0.355 e. The summed E-state index contributed by atoms with van der Waals surface area (Å²) in [7, 11) is 1.99. The molecule has 0 aliphatic rings. The van der Waals surface area contributed by atoms with Crippen LogP contribution in [-0.2, 0) is 4.79 Å². The third kappa shape index (κ3) is 6.38. The Morgan fingerprint density at radius 1 is 1.08 bits per heavy atom. The second kappa shape index (κ2) is 10.2. The lowest BCUT2D eigenvalue weighted by Gasteiger charge is -2.24. The van der Waals surface area contributed by atoms with E-state index in [0.717, 1.165) is 18.7 Å². The smallest absolute Gasteiger partial charge is 0.234 e. The summed E-state index contributed by atoms with van der Waals surface area (Å²) in [5.41, 5.74) is 1.23. The maximum atomic E-state index is 12.1. The van der Waals surface area contributed by atoms with E-state index in [1.165, 1.54) is 10.5 Å². The van der Waals surface area contributed by atoms with Gasteiger partial charge in [-0.2, -0.15) is 0 Å². The first-order valence-electron chi connectivity index (χ1n) is 8.36. The minimum atomic E-state index is 0.0880. The molecule has 2 aromatic rings. The van der Waals surface area contributed by atoms with Crippen molar-refractivity contribution in [3.8, 4) is 0 Å². The topological polar surface area (TPSA) is 32.3 Å². The van der Waals surface area contributed by atoms with E-state index in [0.29, 0.717) is 6.54 Å². The summed E-state index contributed by atoms with van der Waals surface area (Å²) in [4.78, 5) is 15.4. The van der Waals surface area contributed by atoms with E-state index in [9.17, 15) is 4.79 Å². The average Bonchev–Trinajstić information content (AvgIpc) is 2.62. The SMILES string of the molecule is C[C@@H](c1ccccc1)N(C)CC(=O)NCCCSc1ccccc1. The molecule has 0 bridgehead atoms. The molecule has 2 rings (SSSR count). The van der Waals surface area contributed by atoms with Crippen LogP contribution in [0.4, 0.5) is 0 Å². The van der Waals surface area contributed by atoms with Crippen molar-refractivity contribution in [2.75, 3.05) is 25.9 Å². The van der Waals surface area contributed by atoms with Gasteiger partial charge in [0.1, 0.15) is 0 Å². The summed E-state index contributed by atoms with van der Waals surface area (Å²) >= 11 is 1.83. The van der Waals surface area contributed by atoms with E-state index < -0.39 is 0 Å². The van der Waals surface area contributed by atoms with Crippen LogP contribution in [0.15, 0.2) is 65.6 Å². The molecule has 4 heteroatoms. The zero-order valence-corrected chi connectivity index (χ0v) is 15.3. The number of amides is 1. The highest BCUT2D eigenvalue weighted by Crippen LogP contribution is 2.18. The van der Waals surface area contributed by atoms with Crippen LogP contribution < -0.4 is 5.32 Å². The van der Waals surface area contributed by atoms with Crippen LogP contribution in [0, 0.1) is 0 Å². The number of thioether (sulfide) groups is 1. The van der Waals surface area contributed by atoms with E-state index in [1.807, 2.05) is 55.2 Å². The molecule has 1 N–H and O–H groups in total. The van der Waals surface area contributed by atoms with E-state index in [-0.39, 0.29) is 11.9 Å². The van der Waals surface area contributed by atoms with Crippen molar-refractivity contribution in [2.24, 2.45) is 0 Å². The van der Waals surface area contributed by atoms with Gasteiger partial charge in [-0.15, -0.1) is 11.8 Å². The van der Waals surface area contributed by atoms with Crippen molar-refractivity contribution >= 4 is 17.7 Å². The predicted octanol–water partition coefficient (Wildman–Crippen LogP) is 3.98. The van der Waals surface area contributed by atoms with Crippen LogP contribution in [-0.4, -0.2) is 36.7 Å². The molecule has 1 atom stereocenters. The van der Waals surface area contributed by atoms with Gasteiger partial charge in [-0.05, 0) is 43.8 Å². The molecule has 0 saturated carbocycles. The fourth-order valence-corrected chi connectivity index (χ4v) is 3.29. The van der Waals surface area contributed by atoms with Crippen molar-refractivity contribution in [2.45, 2.75) is 24.3 Å². The average molecular weight is 343 g/mol. The molecule has 0 aromatic heterocycles. The Morgan fingerprint density at radius 3 is 2.38 bits per heavy atom. The van der Waals surface area contributed by atoms with E-state index in [4.69, 9.17) is 0 Å². The van der Waals surface area contributed by atoms with Gasteiger partial charge in [-0.25, -0.2) is 0 Å². The molecule has 24 heavy (non-hydrogen) atoms. The second-order valence-electron chi connectivity index (χ2n) is 5.87. The normalized spacial score (nSPS) is 12.1. The number of rotatable bonds is 9. The highest BCUT2D eigenvalue weighted by molar-refractivity contribution is 7.99. The van der Waals surface area contributed by atoms with Crippen LogP contribution in [0.3, 0.4) is 0 Å². The van der Waals surface area contributed by atoms with Gasteiger partial charge >= 0.3 is 0 Å². The van der Waals surface area contributed by atoms with Gasteiger partial charge < -0.3 is 5.32 Å². The van der Waals surface area contributed by atoms with E-state index in [2.05, 4.69) is 41.4 Å². The first-order valence-corrected chi connectivity index (χ1v) is 9.35. The molecule has 0 spiro atoms. The number of benzene rings is 2. The number of nitrogens with one attached hydrogen (secondary N) is 1. The van der Waals surface area contributed by atoms with Gasteiger partial charge in [0.2, 0.25) is 5.91 Å².